The van der Waals surface area contributed by atoms with Gasteiger partial charge in [0.25, 0.3) is 0 Å². The Morgan fingerprint density at radius 1 is 0.571 bits per heavy atom. The average molecular weight is 693 g/mol. The van der Waals surface area contributed by atoms with Gasteiger partial charge in [-0.1, -0.05) is 0 Å². The van der Waals surface area contributed by atoms with E-state index in [0.29, 0.717) is 29.9 Å². The molecule has 5 nitrogen and oxygen atoms in total. The number of benzene rings is 4. The predicted molar refractivity (Wildman–Crippen MR) is 170 cm³/mol. The van der Waals surface area contributed by atoms with E-state index in [-0.39, 0.29) is 13.2 Å². The van der Waals surface area contributed by atoms with Crippen LogP contribution in [0.2, 0.25) is 10.6 Å². The van der Waals surface area contributed by atoms with Gasteiger partial charge in [0, 0.05) is 0 Å². The van der Waals surface area contributed by atoms with E-state index in [2.05, 4.69) is 62.4 Å². The van der Waals surface area contributed by atoms with Gasteiger partial charge in [0.15, 0.2) is 0 Å². The molecule has 7 heteroatoms. The van der Waals surface area contributed by atoms with Crippen molar-refractivity contribution in [2.45, 2.75) is 37.7 Å². The number of carbonyl (C=O) groups is 1. The molecule has 0 fully saturated rings. The van der Waals surface area contributed by atoms with Crippen LogP contribution in [-0.2, 0) is 22.7 Å². The minimum atomic E-state index is -0.715. The second-order valence-electron chi connectivity index (χ2n) is 9.34. The second kappa shape index (κ2) is 17.3. The summed E-state index contributed by atoms with van der Waals surface area (Å²) < 4.78 is 24.6. The van der Waals surface area contributed by atoms with Crippen LogP contribution in [0.25, 0.3) is 0 Å². The minimum absolute atomic E-state index is 0.123. The van der Waals surface area contributed by atoms with Crippen LogP contribution in [-0.4, -0.2) is 36.1 Å². The summed E-state index contributed by atoms with van der Waals surface area (Å²) in [6, 6.07) is 32.2. The zero-order chi connectivity index (χ0) is 29.4. The van der Waals surface area contributed by atoms with Gasteiger partial charge in [-0.15, -0.1) is 0 Å². The van der Waals surface area contributed by atoms with Crippen molar-refractivity contribution in [2.24, 2.45) is 0 Å². The van der Waals surface area contributed by atoms with E-state index in [1.807, 2.05) is 60.7 Å². The molecule has 4 aromatic carbocycles. The standard InChI is InChI=1S/C35H34O5Se2/c1-27-5-17-33(18-6-27)41-23-3-21-37-31-13-9-29(10-14-31)25-39-35(36)40-26-30-11-15-32(16-12-30)38-22-4-24-42-34-19-7-28(2)8-20-34/h3-22H,23-26H2,1-2H3. The molecule has 0 unspecified atom stereocenters. The first-order chi connectivity index (χ1) is 20.5. The third kappa shape index (κ3) is 11.6. The van der Waals surface area contributed by atoms with Crippen molar-refractivity contribution in [1.82, 2.24) is 0 Å². The van der Waals surface area contributed by atoms with Crippen LogP contribution in [0.15, 0.2) is 122 Å². The number of hydrogen-bond donors (Lipinski definition) is 0. The molecule has 4 rings (SSSR count). The molecule has 0 saturated carbocycles. The Morgan fingerprint density at radius 3 is 1.33 bits per heavy atom. The molecule has 216 valence electrons. The van der Waals surface area contributed by atoms with E-state index in [4.69, 9.17) is 18.9 Å². The Hall–Kier alpha value is -3.73. The van der Waals surface area contributed by atoms with Gasteiger partial charge in [-0.05, 0) is 0 Å². The van der Waals surface area contributed by atoms with E-state index in [1.165, 1.54) is 20.1 Å². The molecule has 0 aliphatic heterocycles. The van der Waals surface area contributed by atoms with Gasteiger partial charge in [-0.3, -0.25) is 0 Å². The number of ether oxygens (including phenoxy) is 4. The molecule has 0 radical (unpaired) electrons. The first kappa shape index (κ1) is 31.2. The molecule has 0 heterocycles. The zero-order valence-electron chi connectivity index (χ0n) is 23.7. The van der Waals surface area contributed by atoms with Crippen LogP contribution in [0.1, 0.15) is 22.3 Å². The quantitative estimate of drug-likeness (QED) is 0.0824. The molecule has 4 aromatic rings. The van der Waals surface area contributed by atoms with E-state index in [1.54, 1.807) is 12.5 Å². The Bertz CT molecular complexity index is 1320. The van der Waals surface area contributed by atoms with Crippen LogP contribution < -0.4 is 18.4 Å². The molecule has 0 atom stereocenters. The second-order valence-corrected chi connectivity index (χ2v) is 13.9. The van der Waals surface area contributed by atoms with Crippen molar-refractivity contribution in [3.05, 3.63) is 144 Å². The number of hydrogen-bond acceptors (Lipinski definition) is 5. The van der Waals surface area contributed by atoms with Gasteiger partial charge in [0.1, 0.15) is 0 Å². The molecule has 0 N–H and O–H groups in total. The normalized spacial score (nSPS) is 11.1. The number of rotatable bonds is 14. The van der Waals surface area contributed by atoms with Gasteiger partial charge >= 0.3 is 262 Å². The number of allylic oxidation sites excluding steroid dienone is 2. The molecular weight excluding hydrogens is 658 g/mol. The first-order valence-electron chi connectivity index (χ1n) is 13.5. The first-order valence-corrected chi connectivity index (χ1v) is 17.7. The van der Waals surface area contributed by atoms with Crippen molar-refractivity contribution in [1.29, 1.82) is 0 Å². The predicted octanol–water partition coefficient (Wildman–Crippen LogP) is 6.84. The van der Waals surface area contributed by atoms with Crippen molar-refractivity contribution >= 4 is 45.0 Å². The summed E-state index contributed by atoms with van der Waals surface area (Å²) in [5.74, 6) is 1.46. The fourth-order valence-corrected chi connectivity index (χ4v) is 6.46. The molecule has 0 amide bonds. The molecule has 0 bridgehead atoms. The van der Waals surface area contributed by atoms with Gasteiger partial charge in [0.2, 0.25) is 0 Å². The van der Waals surface area contributed by atoms with Crippen LogP contribution in [0.3, 0.4) is 0 Å². The summed E-state index contributed by atoms with van der Waals surface area (Å²) in [5.41, 5.74) is 4.25. The topological polar surface area (TPSA) is 54.0 Å². The number of aryl methyl sites for hydroxylation is 2. The van der Waals surface area contributed by atoms with Gasteiger partial charge in [-0.2, -0.15) is 0 Å². The van der Waals surface area contributed by atoms with E-state index < -0.39 is 6.16 Å². The molecule has 0 aliphatic carbocycles. The zero-order valence-corrected chi connectivity index (χ0v) is 27.2. The molecule has 42 heavy (non-hydrogen) atoms. The Morgan fingerprint density at radius 2 is 0.952 bits per heavy atom. The van der Waals surface area contributed by atoms with Gasteiger partial charge in [-0.25, -0.2) is 0 Å². The summed E-state index contributed by atoms with van der Waals surface area (Å²) in [6.45, 7) is 4.44. The van der Waals surface area contributed by atoms with Crippen molar-refractivity contribution in [3.8, 4) is 11.5 Å². The van der Waals surface area contributed by atoms with E-state index in [9.17, 15) is 4.79 Å². The summed E-state index contributed by atoms with van der Waals surface area (Å²) in [4.78, 5) is 12.1. The maximum atomic E-state index is 12.1. The summed E-state index contributed by atoms with van der Waals surface area (Å²) in [5, 5.41) is 1.94. The van der Waals surface area contributed by atoms with E-state index >= 15 is 0 Å². The average Bonchev–Trinajstić information content (AvgIpc) is 3.01. The summed E-state index contributed by atoms with van der Waals surface area (Å²) in [7, 11) is 0. The maximum absolute atomic E-state index is 12.1. The molecule has 0 aliphatic rings. The fourth-order valence-electron chi connectivity index (χ4n) is 3.54. The van der Waals surface area contributed by atoms with Crippen LogP contribution >= 0.6 is 0 Å². The number of carbonyl (C=O) groups excluding carboxylic acids is 1. The third-order valence-corrected chi connectivity index (χ3v) is 9.94. The van der Waals surface area contributed by atoms with Crippen molar-refractivity contribution < 1.29 is 23.7 Å². The van der Waals surface area contributed by atoms with Gasteiger partial charge in [0.05, 0.1) is 0 Å². The molecule has 0 aromatic heterocycles. The van der Waals surface area contributed by atoms with Gasteiger partial charge < -0.3 is 0 Å². The molecular formula is C35H34O5Se2. The molecule has 0 spiro atoms. The Balaban J connectivity index is 1.08. The fraction of sp³-hybridized carbons (Fsp3) is 0.171. The van der Waals surface area contributed by atoms with Crippen molar-refractivity contribution in [2.75, 3.05) is 0 Å². The third-order valence-electron chi connectivity index (χ3n) is 5.90. The van der Waals surface area contributed by atoms with Crippen molar-refractivity contribution in [3.63, 3.8) is 0 Å². The van der Waals surface area contributed by atoms with Crippen LogP contribution in [0.4, 0.5) is 4.79 Å². The van der Waals surface area contributed by atoms with Crippen LogP contribution in [0, 0.1) is 13.8 Å². The summed E-state index contributed by atoms with van der Waals surface area (Å²) >= 11 is 0.781. The molecule has 0 saturated heterocycles. The Labute approximate surface area is 260 Å². The van der Waals surface area contributed by atoms with E-state index in [0.717, 1.165) is 33.3 Å². The summed E-state index contributed by atoms with van der Waals surface area (Å²) in [6.07, 6.45) is 6.82. The monoisotopic (exact) mass is 694 g/mol. The SMILES string of the molecule is Cc1ccc([Se]CC=COc2ccc(COC(=O)OCc3ccc(OC=CC[Se]c4ccc(C)cc4)cc3)cc2)cc1. The Kier molecular flexibility index (Phi) is 12.8. The van der Waals surface area contributed by atoms with Crippen LogP contribution in [0.5, 0.6) is 11.5 Å².